The Bertz CT molecular complexity index is 396. The van der Waals surface area contributed by atoms with E-state index in [9.17, 15) is 9.59 Å². The van der Waals surface area contributed by atoms with Crippen LogP contribution in [0.25, 0.3) is 0 Å². The molecule has 3 N–H and O–H groups in total. The molecule has 7 heteroatoms. The Hall–Kier alpha value is -2.02. The Balaban J connectivity index is 2.34. The van der Waals surface area contributed by atoms with Crippen molar-refractivity contribution in [1.29, 1.82) is 0 Å². The molecule has 1 heterocycles. The quantitative estimate of drug-likeness (QED) is 0.673. The van der Waals surface area contributed by atoms with E-state index < -0.39 is 12.1 Å². The maximum absolute atomic E-state index is 11.6. The van der Waals surface area contributed by atoms with Crippen LogP contribution in [0.1, 0.15) is 19.5 Å². The van der Waals surface area contributed by atoms with Gasteiger partial charge >= 0.3 is 6.03 Å². The molecule has 0 fully saturated rings. The van der Waals surface area contributed by atoms with Crippen LogP contribution in [0, 0.1) is 0 Å². The van der Waals surface area contributed by atoms with Crippen molar-refractivity contribution >= 4 is 11.9 Å². The number of carbonyl (C=O) groups is 2. The number of rotatable bonds is 5. The lowest BCUT2D eigenvalue weighted by molar-refractivity contribution is -0.121. The molecule has 1 atom stereocenters. The van der Waals surface area contributed by atoms with Gasteiger partial charge in [0.15, 0.2) is 0 Å². The average molecular weight is 251 g/mol. The molecule has 0 bridgehead atoms. The first-order valence-electron chi connectivity index (χ1n) is 5.72. The van der Waals surface area contributed by atoms with Gasteiger partial charge in [0, 0.05) is 19.3 Å². The third-order valence-electron chi connectivity index (χ3n) is 2.18. The van der Waals surface area contributed by atoms with Gasteiger partial charge in [-0.05, 0) is 26.0 Å². The number of amides is 3. The third-order valence-corrected chi connectivity index (χ3v) is 2.18. The highest BCUT2D eigenvalue weighted by atomic mass is 16.2. The van der Waals surface area contributed by atoms with E-state index in [0.717, 1.165) is 5.69 Å². The summed E-state index contributed by atoms with van der Waals surface area (Å²) in [6.45, 7) is 4.34. The summed E-state index contributed by atoms with van der Waals surface area (Å²) >= 11 is 0. The maximum atomic E-state index is 11.6. The minimum atomic E-state index is -0.491. The fraction of sp³-hybridized carbons (Fsp3) is 0.455. The largest absolute Gasteiger partial charge is 0.338 e. The van der Waals surface area contributed by atoms with Crippen LogP contribution in [0.3, 0.4) is 0 Å². The molecule has 0 aliphatic rings. The van der Waals surface area contributed by atoms with Crippen molar-refractivity contribution in [3.05, 3.63) is 24.0 Å². The van der Waals surface area contributed by atoms with Crippen LogP contribution < -0.4 is 16.0 Å². The van der Waals surface area contributed by atoms with Crippen molar-refractivity contribution < 1.29 is 9.59 Å². The third kappa shape index (κ3) is 4.88. The highest BCUT2D eigenvalue weighted by Gasteiger charge is 2.14. The van der Waals surface area contributed by atoms with Crippen LogP contribution in [-0.2, 0) is 11.3 Å². The predicted molar refractivity (Wildman–Crippen MR) is 65.5 cm³/mol. The molecular formula is C11H17N5O2. The summed E-state index contributed by atoms with van der Waals surface area (Å²) < 4.78 is 0. The van der Waals surface area contributed by atoms with Crippen LogP contribution in [0.4, 0.5) is 4.79 Å². The van der Waals surface area contributed by atoms with Gasteiger partial charge < -0.3 is 10.6 Å². The molecule has 18 heavy (non-hydrogen) atoms. The second-order valence-electron chi connectivity index (χ2n) is 3.67. The Labute approximate surface area is 105 Å². The van der Waals surface area contributed by atoms with Gasteiger partial charge in [0.05, 0.1) is 11.7 Å². The number of imide groups is 1. The molecule has 0 aliphatic carbocycles. The monoisotopic (exact) mass is 251 g/mol. The van der Waals surface area contributed by atoms with Crippen LogP contribution in [0.15, 0.2) is 18.3 Å². The molecule has 1 aromatic rings. The lowest BCUT2D eigenvalue weighted by atomic mass is 10.3. The van der Waals surface area contributed by atoms with Gasteiger partial charge in [-0.15, -0.1) is 0 Å². The molecule has 0 aromatic carbocycles. The number of aromatic nitrogens is 2. The van der Waals surface area contributed by atoms with Crippen molar-refractivity contribution in [3.63, 3.8) is 0 Å². The summed E-state index contributed by atoms with van der Waals surface area (Å²) in [5, 5.41) is 15.3. The zero-order valence-corrected chi connectivity index (χ0v) is 10.4. The van der Waals surface area contributed by atoms with Crippen molar-refractivity contribution in [1.82, 2.24) is 26.1 Å². The fourth-order valence-electron chi connectivity index (χ4n) is 1.20. The first kappa shape index (κ1) is 14.0. The summed E-state index contributed by atoms with van der Waals surface area (Å²) in [5.74, 6) is -0.384. The van der Waals surface area contributed by atoms with E-state index >= 15 is 0 Å². The topological polar surface area (TPSA) is 96.0 Å². The van der Waals surface area contributed by atoms with E-state index in [1.54, 1.807) is 32.2 Å². The molecule has 0 aliphatic heterocycles. The summed E-state index contributed by atoms with van der Waals surface area (Å²) in [6.07, 6.45) is 1.58. The lowest BCUT2D eigenvalue weighted by Crippen LogP contribution is -2.47. The van der Waals surface area contributed by atoms with E-state index in [1.165, 1.54) is 0 Å². The Morgan fingerprint density at radius 1 is 1.44 bits per heavy atom. The van der Waals surface area contributed by atoms with E-state index in [1.807, 2.05) is 0 Å². The average Bonchev–Trinajstić information content (AvgIpc) is 2.37. The molecule has 0 spiro atoms. The molecule has 1 rings (SSSR count). The minimum absolute atomic E-state index is 0.384. The Morgan fingerprint density at radius 2 is 2.22 bits per heavy atom. The zero-order valence-electron chi connectivity index (χ0n) is 10.4. The molecule has 3 amide bonds. The van der Waals surface area contributed by atoms with E-state index in [4.69, 9.17) is 0 Å². The van der Waals surface area contributed by atoms with Gasteiger partial charge in [-0.2, -0.15) is 10.2 Å². The molecule has 0 saturated heterocycles. The van der Waals surface area contributed by atoms with Gasteiger partial charge in [0.1, 0.15) is 0 Å². The van der Waals surface area contributed by atoms with Crippen molar-refractivity contribution in [2.45, 2.75) is 26.4 Å². The maximum Gasteiger partial charge on any atom is 0.321 e. The molecule has 1 aromatic heterocycles. The Kier molecular flexibility index (Phi) is 5.72. The van der Waals surface area contributed by atoms with Gasteiger partial charge in [-0.3, -0.25) is 10.1 Å². The first-order chi connectivity index (χ1) is 8.63. The van der Waals surface area contributed by atoms with E-state index in [2.05, 4.69) is 26.1 Å². The molecular weight excluding hydrogens is 234 g/mol. The summed E-state index contributed by atoms with van der Waals surface area (Å²) in [5.41, 5.74) is 0.732. The number of nitrogens with one attached hydrogen (secondary N) is 3. The minimum Gasteiger partial charge on any atom is -0.338 e. The van der Waals surface area contributed by atoms with Crippen molar-refractivity contribution in [3.8, 4) is 0 Å². The van der Waals surface area contributed by atoms with E-state index in [0.29, 0.717) is 13.1 Å². The van der Waals surface area contributed by atoms with E-state index in [-0.39, 0.29) is 5.91 Å². The van der Waals surface area contributed by atoms with Crippen LogP contribution in [-0.4, -0.2) is 34.7 Å². The second-order valence-corrected chi connectivity index (χ2v) is 3.67. The smallest absolute Gasteiger partial charge is 0.321 e. The van der Waals surface area contributed by atoms with Crippen LogP contribution >= 0.6 is 0 Å². The number of nitrogens with zero attached hydrogens (tertiary/aromatic N) is 2. The van der Waals surface area contributed by atoms with Gasteiger partial charge in [-0.25, -0.2) is 4.79 Å². The Morgan fingerprint density at radius 3 is 2.83 bits per heavy atom. The molecule has 1 unspecified atom stereocenters. The van der Waals surface area contributed by atoms with Crippen molar-refractivity contribution in [2.75, 3.05) is 6.54 Å². The zero-order chi connectivity index (χ0) is 13.4. The summed E-state index contributed by atoms with van der Waals surface area (Å²) in [4.78, 5) is 22.7. The molecule has 98 valence electrons. The standard InChI is InChI=1S/C11H17N5O2/c1-3-12-11(18)15-10(17)8(2)13-7-9-5-4-6-14-16-9/h4-6,8,13H,3,7H2,1-2H3,(H2,12,15,17,18). The lowest BCUT2D eigenvalue weighted by Gasteiger charge is -2.12. The fourth-order valence-corrected chi connectivity index (χ4v) is 1.20. The summed E-state index contributed by atoms with van der Waals surface area (Å²) in [6, 6.07) is 2.59. The highest BCUT2D eigenvalue weighted by molar-refractivity contribution is 5.96. The molecule has 0 radical (unpaired) electrons. The van der Waals surface area contributed by atoms with Crippen molar-refractivity contribution in [2.24, 2.45) is 0 Å². The van der Waals surface area contributed by atoms with Gasteiger partial charge in [-0.1, -0.05) is 0 Å². The van der Waals surface area contributed by atoms with Gasteiger partial charge in [0.25, 0.3) is 0 Å². The van der Waals surface area contributed by atoms with Gasteiger partial charge in [0.2, 0.25) is 5.91 Å². The van der Waals surface area contributed by atoms with Crippen LogP contribution in [0.2, 0.25) is 0 Å². The highest BCUT2D eigenvalue weighted by Crippen LogP contribution is 1.92. The number of urea groups is 1. The number of hydrogen-bond donors (Lipinski definition) is 3. The summed E-state index contributed by atoms with van der Waals surface area (Å²) in [7, 11) is 0. The van der Waals surface area contributed by atoms with Crippen LogP contribution in [0.5, 0.6) is 0 Å². The molecule has 0 saturated carbocycles. The first-order valence-corrected chi connectivity index (χ1v) is 5.72. The number of hydrogen-bond acceptors (Lipinski definition) is 5. The number of carbonyl (C=O) groups excluding carboxylic acids is 2. The SMILES string of the molecule is CCNC(=O)NC(=O)C(C)NCc1cccnn1. The predicted octanol–water partition coefficient (Wildman–Crippen LogP) is -0.200. The molecule has 7 nitrogen and oxygen atoms in total. The second kappa shape index (κ2) is 7.33. The normalized spacial score (nSPS) is 11.7.